The Morgan fingerprint density at radius 3 is 3.00 bits per heavy atom. The topological polar surface area (TPSA) is 68.2 Å². The molecule has 1 unspecified atom stereocenters. The first-order valence-corrected chi connectivity index (χ1v) is 5.55. The molecule has 0 N–H and O–H groups in total. The van der Waals surface area contributed by atoms with Crippen LogP contribution < -0.4 is 14.4 Å². The third-order valence-electron chi connectivity index (χ3n) is 3.01. The van der Waals surface area contributed by atoms with Gasteiger partial charge >= 0.3 is 0 Å². The van der Waals surface area contributed by atoms with Crippen molar-refractivity contribution < 1.29 is 19.1 Å². The molecular weight excluding hydrogens is 236 g/mol. The van der Waals surface area contributed by atoms with Crippen molar-refractivity contribution in [2.45, 2.75) is 12.5 Å². The summed E-state index contributed by atoms with van der Waals surface area (Å²) in [5.41, 5.74) is 0.729. The molecule has 0 aliphatic carbocycles. The number of carbonyl (C=O) groups is 1. The predicted octanol–water partition coefficient (Wildman–Crippen LogP) is 0.856. The zero-order valence-electron chi connectivity index (χ0n) is 9.46. The monoisotopic (exact) mass is 246 g/mol. The Morgan fingerprint density at radius 1 is 1.33 bits per heavy atom. The number of amides is 1. The minimum Gasteiger partial charge on any atom is -0.454 e. The summed E-state index contributed by atoms with van der Waals surface area (Å²) in [6, 6.07) is 5.01. The van der Waals surface area contributed by atoms with Gasteiger partial charge in [0.05, 0.1) is 12.5 Å². The molecule has 1 saturated heterocycles. The quantitative estimate of drug-likeness (QED) is 0.573. The summed E-state index contributed by atoms with van der Waals surface area (Å²) >= 11 is 0. The molecule has 6 nitrogen and oxygen atoms in total. The first-order chi connectivity index (χ1) is 8.78. The van der Waals surface area contributed by atoms with Crippen LogP contribution in [-0.4, -0.2) is 31.4 Å². The van der Waals surface area contributed by atoms with Gasteiger partial charge in [-0.05, 0) is 12.1 Å². The Hall–Kier alpha value is -2.33. The minimum atomic E-state index is -0.305. The van der Waals surface area contributed by atoms with E-state index in [-0.39, 0.29) is 25.2 Å². The third kappa shape index (κ3) is 1.72. The number of fused-ring (bicyclic) bond motifs is 1. The van der Waals surface area contributed by atoms with Crippen molar-refractivity contribution in [1.82, 2.24) is 0 Å². The van der Waals surface area contributed by atoms with E-state index in [0.717, 1.165) is 5.69 Å². The van der Waals surface area contributed by atoms with E-state index in [1.165, 1.54) is 6.08 Å². The second kappa shape index (κ2) is 4.16. The minimum absolute atomic E-state index is 0.0575. The van der Waals surface area contributed by atoms with Gasteiger partial charge in [0.15, 0.2) is 11.5 Å². The Kier molecular flexibility index (Phi) is 2.50. The Morgan fingerprint density at radius 2 is 2.17 bits per heavy atom. The van der Waals surface area contributed by atoms with Gasteiger partial charge in [-0.1, -0.05) is 0 Å². The van der Waals surface area contributed by atoms with Gasteiger partial charge in [0, 0.05) is 18.3 Å². The number of carbonyl (C=O) groups excluding carboxylic acids is 2. The Labute approximate surface area is 103 Å². The molecule has 1 amide bonds. The summed E-state index contributed by atoms with van der Waals surface area (Å²) in [6.07, 6.45) is 1.74. The molecule has 1 aromatic rings. The van der Waals surface area contributed by atoms with Crippen molar-refractivity contribution in [2.24, 2.45) is 4.99 Å². The van der Waals surface area contributed by atoms with Crippen LogP contribution in [-0.2, 0) is 9.59 Å². The summed E-state index contributed by atoms with van der Waals surface area (Å²) in [4.78, 5) is 27.2. The van der Waals surface area contributed by atoms with Gasteiger partial charge in [-0.2, -0.15) is 0 Å². The van der Waals surface area contributed by atoms with Gasteiger partial charge in [-0.3, -0.25) is 4.79 Å². The second-order valence-electron chi connectivity index (χ2n) is 4.12. The first-order valence-electron chi connectivity index (χ1n) is 5.55. The molecular formula is C12H10N2O4. The lowest BCUT2D eigenvalue weighted by atomic mass is 10.2. The molecule has 0 saturated carbocycles. The molecule has 2 aliphatic heterocycles. The lowest BCUT2D eigenvalue weighted by Crippen LogP contribution is -2.24. The number of benzene rings is 1. The second-order valence-corrected chi connectivity index (χ2v) is 4.12. The van der Waals surface area contributed by atoms with E-state index in [0.29, 0.717) is 18.0 Å². The van der Waals surface area contributed by atoms with Crippen LogP contribution in [0.3, 0.4) is 0 Å². The molecule has 0 bridgehead atoms. The van der Waals surface area contributed by atoms with Crippen LogP contribution >= 0.6 is 0 Å². The number of isocyanates is 1. The predicted molar refractivity (Wildman–Crippen MR) is 61.4 cm³/mol. The molecule has 2 aliphatic rings. The first kappa shape index (κ1) is 10.8. The number of rotatable bonds is 2. The number of ether oxygens (including phenoxy) is 2. The summed E-state index contributed by atoms with van der Waals surface area (Å²) in [7, 11) is 0. The summed E-state index contributed by atoms with van der Waals surface area (Å²) < 4.78 is 10.5. The summed E-state index contributed by atoms with van der Waals surface area (Å²) in [5, 5.41) is 0. The highest BCUT2D eigenvalue weighted by molar-refractivity contribution is 5.96. The maximum Gasteiger partial charge on any atom is 0.235 e. The number of hydrogen-bond acceptors (Lipinski definition) is 5. The molecule has 18 heavy (non-hydrogen) atoms. The average molecular weight is 246 g/mol. The standard InChI is InChI=1S/C12H10N2O4/c15-6-13-8-3-12(16)14(5-8)9-1-2-10-11(4-9)18-7-17-10/h1-2,4,8H,3,5,7H2. The molecule has 1 aromatic carbocycles. The smallest absolute Gasteiger partial charge is 0.235 e. The van der Waals surface area contributed by atoms with E-state index in [9.17, 15) is 9.59 Å². The fourth-order valence-electron chi connectivity index (χ4n) is 2.15. The van der Waals surface area contributed by atoms with Crippen LogP contribution in [0.1, 0.15) is 6.42 Å². The molecule has 0 radical (unpaired) electrons. The van der Waals surface area contributed by atoms with E-state index < -0.39 is 0 Å². The number of anilines is 1. The molecule has 0 aromatic heterocycles. The van der Waals surface area contributed by atoms with Crippen molar-refractivity contribution >= 4 is 17.7 Å². The van der Waals surface area contributed by atoms with Crippen molar-refractivity contribution in [1.29, 1.82) is 0 Å². The van der Waals surface area contributed by atoms with Crippen LogP contribution in [0.5, 0.6) is 11.5 Å². The van der Waals surface area contributed by atoms with Crippen LogP contribution in [0.2, 0.25) is 0 Å². The molecule has 2 heterocycles. The fraction of sp³-hybridized carbons (Fsp3) is 0.333. The van der Waals surface area contributed by atoms with Crippen molar-refractivity contribution in [3.63, 3.8) is 0 Å². The highest BCUT2D eigenvalue weighted by Crippen LogP contribution is 2.36. The van der Waals surface area contributed by atoms with Crippen molar-refractivity contribution in [3.8, 4) is 11.5 Å². The molecule has 0 spiro atoms. The maximum atomic E-state index is 11.8. The summed E-state index contributed by atoms with van der Waals surface area (Å²) in [5.74, 6) is 1.24. The van der Waals surface area contributed by atoms with Crippen LogP contribution in [0.25, 0.3) is 0 Å². The van der Waals surface area contributed by atoms with E-state index in [2.05, 4.69) is 4.99 Å². The van der Waals surface area contributed by atoms with Gasteiger partial charge in [0.25, 0.3) is 0 Å². The highest BCUT2D eigenvalue weighted by atomic mass is 16.7. The van der Waals surface area contributed by atoms with E-state index in [1.807, 2.05) is 0 Å². The van der Waals surface area contributed by atoms with Gasteiger partial charge in [0.1, 0.15) is 0 Å². The number of aliphatic imine (C=N–C) groups is 1. The highest BCUT2D eigenvalue weighted by Gasteiger charge is 2.31. The molecule has 3 rings (SSSR count). The lowest BCUT2D eigenvalue weighted by Gasteiger charge is -2.16. The van der Waals surface area contributed by atoms with E-state index in [4.69, 9.17) is 9.47 Å². The Bertz CT molecular complexity index is 551. The fourth-order valence-corrected chi connectivity index (χ4v) is 2.15. The SMILES string of the molecule is O=C=NC1CC(=O)N(c2ccc3c(c2)OCO3)C1. The van der Waals surface area contributed by atoms with E-state index in [1.54, 1.807) is 23.1 Å². The summed E-state index contributed by atoms with van der Waals surface area (Å²) in [6.45, 7) is 0.596. The molecule has 1 fully saturated rings. The third-order valence-corrected chi connectivity index (χ3v) is 3.01. The largest absolute Gasteiger partial charge is 0.454 e. The van der Waals surface area contributed by atoms with Crippen LogP contribution in [0.15, 0.2) is 23.2 Å². The molecule has 1 atom stereocenters. The van der Waals surface area contributed by atoms with Gasteiger partial charge in [-0.15, -0.1) is 0 Å². The number of nitrogens with zero attached hydrogens (tertiary/aromatic N) is 2. The lowest BCUT2D eigenvalue weighted by molar-refractivity contribution is -0.117. The normalized spacial score (nSPS) is 21.0. The van der Waals surface area contributed by atoms with Crippen LogP contribution in [0.4, 0.5) is 5.69 Å². The van der Waals surface area contributed by atoms with Crippen molar-refractivity contribution in [2.75, 3.05) is 18.2 Å². The maximum absolute atomic E-state index is 11.8. The zero-order chi connectivity index (χ0) is 12.5. The van der Waals surface area contributed by atoms with Crippen LogP contribution in [0, 0.1) is 0 Å². The van der Waals surface area contributed by atoms with E-state index >= 15 is 0 Å². The van der Waals surface area contributed by atoms with Crippen molar-refractivity contribution in [3.05, 3.63) is 18.2 Å². The molecule has 92 valence electrons. The average Bonchev–Trinajstić information content (AvgIpc) is 2.95. The Balaban J connectivity index is 1.87. The van der Waals surface area contributed by atoms with Gasteiger partial charge in [-0.25, -0.2) is 9.79 Å². The number of hydrogen-bond donors (Lipinski definition) is 0. The van der Waals surface area contributed by atoms with Gasteiger partial charge in [0.2, 0.25) is 18.8 Å². The van der Waals surface area contributed by atoms with Gasteiger partial charge < -0.3 is 14.4 Å². The zero-order valence-corrected chi connectivity index (χ0v) is 9.46. The molecule has 6 heteroatoms.